The molecule has 0 aliphatic rings. The summed E-state index contributed by atoms with van der Waals surface area (Å²) in [4.78, 5) is 9.07. The topological polar surface area (TPSA) is 50.9 Å². The van der Waals surface area contributed by atoms with Gasteiger partial charge in [0.2, 0.25) is 0 Å². The molecule has 0 aliphatic heterocycles. The van der Waals surface area contributed by atoms with E-state index in [-0.39, 0.29) is 6.61 Å². The van der Waals surface area contributed by atoms with Crippen molar-refractivity contribution in [2.45, 2.75) is 26.4 Å². The average Bonchev–Trinajstić information content (AvgIpc) is 2.94. The van der Waals surface area contributed by atoms with E-state index in [0.29, 0.717) is 0 Å². The van der Waals surface area contributed by atoms with Crippen LogP contribution >= 0.6 is 0 Å². The molecule has 0 saturated carbocycles. The summed E-state index contributed by atoms with van der Waals surface area (Å²) in [6.45, 7) is 2.09. The third-order valence-electron chi connectivity index (χ3n) is 3.37. The molecule has 0 bridgehead atoms. The minimum atomic E-state index is -0.0308. The van der Waals surface area contributed by atoms with E-state index in [9.17, 15) is 5.11 Å². The minimum Gasteiger partial charge on any atom is -0.392 e. The van der Waals surface area contributed by atoms with Crippen LogP contribution in [0.2, 0.25) is 0 Å². The van der Waals surface area contributed by atoms with Gasteiger partial charge in [-0.25, -0.2) is 9.97 Å². The molecule has 3 aromatic rings. The Labute approximate surface area is 117 Å². The van der Waals surface area contributed by atoms with E-state index in [1.54, 1.807) is 6.20 Å². The van der Waals surface area contributed by atoms with Crippen LogP contribution in [0.4, 0.5) is 0 Å². The maximum atomic E-state index is 9.62. The number of hydrogen-bond donors (Lipinski definition) is 1. The van der Waals surface area contributed by atoms with E-state index in [1.807, 2.05) is 41.1 Å². The predicted octanol–water partition coefficient (Wildman–Crippen LogP) is 2.87. The van der Waals surface area contributed by atoms with Crippen molar-refractivity contribution in [3.05, 3.63) is 54.1 Å². The van der Waals surface area contributed by atoms with Gasteiger partial charge in [0.25, 0.3) is 0 Å². The van der Waals surface area contributed by atoms with Crippen molar-refractivity contribution in [3.8, 4) is 5.82 Å². The first kappa shape index (κ1) is 12.8. The van der Waals surface area contributed by atoms with Crippen LogP contribution in [0.1, 0.15) is 24.7 Å². The number of aliphatic hydroxyl groups is 1. The van der Waals surface area contributed by atoms with Crippen LogP contribution in [0.5, 0.6) is 0 Å². The fraction of sp³-hybridized carbons (Fsp3) is 0.250. The Balaban J connectivity index is 2.20. The summed E-state index contributed by atoms with van der Waals surface area (Å²) in [5.41, 5.74) is 1.75. The summed E-state index contributed by atoms with van der Waals surface area (Å²) in [5.74, 6) is 1.75. The standard InChI is InChI=1S/C16H17N3O/c1-2-5-15-17-8-9-19(15)16-13(11-20)10-12-6-3-4-7-14(12)18-16/h3-4,6-10,20H,2,5,11H2,1H3. The Morgan fingerprint density at radius 1 is 1.25 bits per heavy atom. The lowest BCUT2D eigenvalue weighted by molar-refractivity contribution is 0.281. The fourth-order valence-corrected chi connectivity index (χ4v) is 2.41. The van der Waals surface area contributed by atoms with Gasteiger partial charge in [0.05, 0.1) is 12.1 Å². The molecule has 102 valence electrons. The number of para-hydroxylation sites is 1. The zero-order chi connectivity index (χ0) is 13.9. The lowest BCUT2D eigenvalue weighted by atomic mass is 10.1. The van der Waals surface area contributed by atoms with Crippen molar-refractivity contribution >= 4 is 10.9 Å². The van der Waals surface area contributed by atoms with Crippen molar-refractivity contribution in [1.82, 2.24) is 14.5 Å². The van der Waals surface area contributed by atoms with Gasteiger partial charge in [-0.2, -0.15) is 0 Å². The van der Waals surface area contributed by atoms with Crippen LogP contribution in [0.25, 0.3) is 16.7 Å². The van der Waals surface area contributed by atoms with Gasteiger partial charge in [0.1, 0.15) is 11.6 Å². The second kappa shape index (κ2) is 5.43. The van der Waals surface area contributed by atoms with Crippen LogP contribution < -0.4 is 0 Å². The quantitative estimate of drug-likeness (QED) is 0.790. The Bertz CT molecular complexity index is 733. The SMILES string of the molecule is CCCc1nccn1-c1nc2ccccc2cc1CO. The highest BCUT2D eigenvalue weighted by molar-refractivity contribution is 5.80. The molecule has 1 aromatic carbocycles. The van der Waals surface area contributed by atoms with Gasteiger partial charge >= 0.3 is 0 Å². The van der Waals surface area contributed by atoms with Gasteiger partial charge in [-0.15, -0.1) is 0 Å². The van der Waals surface area contributed by atoms with E-state index < -0.39 is 0 Å². The van der Waals surface area contributed by atoms with Gasteiger partial charge < -0.3 is 5.11 Å². The average molecular weight is 267 g/mol. The lowest BCUT2D eigenvalue weighted by Crippen LogP contribution is -2.06. The molecule has 0 aliphatic carbocycles. The molecule has 0 fully saturated rings. The molecule has 0 saturated heterocycles. The van der Waals surface area contributed by atoms with Crippen LogP contribution in [0.15, 0.2) is 42.7 Å². The fourth-order valence-electron chi connectivity index (χ4n) is 2.41. The summed E-state index contributed by atoms with van der Waals surface area (Å²) in [6, 6.07) is 9.93. The molecule has 0 radical (unpaired) electrons. The zero-order valence-corrected chi connectivity index (χ0v) is 11.5. The Kier molecular flexibility index (Phi) is 3.48. The van der Waals surface area contributed by atoms with Crippen LogP contribution in [0.3, 0.4) is 0 Å². The normalized spacial score (nSPS) is 11.1. The molecule has 0 amide bonds. The summed E-state index contributed by atoms with van der Waals surface area (Å²) < 4.78 is 1.97. The van der Waals surface area contributed by atoms with Crippen LogP contribution in [0, 0.1) is 0 Å². The molecule has 3 rings (SSSR count). The Morgan fingerprint density at radius 3 is 2.90 bits per heavy atom. The predicted molar refractivity (Wildman–Crippen MR) is 78.8 cm³/mol. The van der Waals surface area contributed by atoms with Crippen molar-refractivity contribution in [2.75, 3.05) is 0 Å². The van der Waals surface area contributed by atoms with Crippen molar-refractivity contribution in [1.29, 1.82) is 0 Å². The highest BCUT2D eigenvalue weighted by atomic mass is 16.3. The Morgan fingerprint density at radius 2 is 2.10 bits per heavy atom. The molecule has 0 atom stereocenters. The molecule has 4 nitrogen and oxygen atoms in total. The molecule has 1 N–H and O–H groups in total. The maximum absolute atomic E-state index is 9.62. The summed E-state index contributed by atoms with van der Waals surface area (Å²) in [6.07, 6.45) is 5.61. The van der Waals surface area contributed by atoms with Gasteiger partial charge in [0, 0.05) is 29.8 Å². The number of imidazole rings is 1. The van der Waals surface area contributed by atoms with Crippen LogP contribution in [-0.2, 0) is 13.0 Å². The number of fused-ring (bicyclic) bond motifs is 1. The number of benzene rings is 1. The second-order valence-electron chi connectivity index (χ2n) is 4.79. The molecule has 2 heterocycles. The molecular formula is C16H17N3O. The molecule has 20 heavy (non-hydrogen) atoms. The summed E-state index contributed by atoms with van der Waals surface area (Å²) in [7, 11) is 0. The Hall–Kier alpha value is -2.20. The molecule has 2 aromatic heterocycles. The number of rotatable bonds is 4. The van der Waals surface area contributed by atoms with E-state index in [0.717, 1.165) is 41.0 Å². The monoisotopic (exact) mass is 267 g/mol. The van der Waals surface area contributed by atoms with Gasteiger partial charge in [-0.1, -0.05) is 25.1 Å². The highest BCUT2D eigenvalue weighted by Gasteiger charge is 2.11. The summed E-state index contributed by atoms with van der Waals surface area (Å²) in [5, 5.41) is 10.7. The van der Waals surface area contributed by atoms with E-state index >= 15 is 0 Å². The first-order valence-corrected chi connectivity index (χ1v) is 6.85. The highest BCUT2D eigenvalue weighted by Crippen LogP contribution is 2.21. The number of nitrogens with zero attached hydrogens (tertiary/aromatic N) is 3. The van der Waals surface area contributed by atoms with Gasteiger partial charge in [-0.3, -0.25) is 4.57 Å². The molecular weight excluding hydrogens is 250 g/mol. The zero-order valence-electron chi connectivity index (χ0n) is 11.5. The first-order valence-electron chi connectivity index (χ1n) is 6.85. The van der Waals surface area contributed by atoms with Crippen LogP contribution in [-0.4, -0.2) is 19.6 Å². The van der Waals surface area contributed by atoms with Crippen molar-refractivity contribution in [3.63, 3.8) is 0 Å². The van der Waals surface area contributed by atoms with Crippen molar-refractivity contribution < 1.29 is 5.11 Å². The lowest BCUT2D eigenvalue weighted by Gasteiger charge is -2.12. The van der Waals surface area contributed by atoms with Crippen molar-refractivity contribution in [2.24, 2.45) is 0 Å². The molecule has 0 spiro atoms. The largest absolute Gasteiger partial charge is 0.392 e. The summed E-state index contributed by atoms with van der Waals surface area (Å²) >= 11 is 0. The number of aromatic nitrogens is 3. The third-order valence-corrected chi connectivity index (χ3v) is 3.37. The van der Waals surface area contributed by atoms with Gasteiger partial charge in [0.15, 0.2) is 0 Å². The number of aliphatic hydroxyl groups excluding tert-OH is 1. The number of hydrogen-bond acceptors (Lipinski definition) is 3. The second-order valence-corrected chi connectivity index (χ2v) is 4.79. The van der Waals surface area contributed by atoms with E-state index in [2.05, 4.69) is 11.9 Å². The van der Waals surface area contributed by atoms with E-state index in [4.69, 9.17) is 4.98 Å². The van der Waals surface area contributed by atoms with E-state index in [1.165, 1.54) is 0 Å². The van der Waals surface area contributed by atoms with Gasteiger partial charge in [-0.05, 0) is 18.6 Å². The smallest absolute Gasteiger partial charge is 0.144 e. The third kappa shape index (κ3) is 2.18. The maximum Gasteiger partial charge on any atom is 0.144 e. The first-order chi connectivity index (χ1) is 9.83. The minimum absolute atomic E-state index is 0.0308. The number of aryl methyl sites for hydroxylation is 1. The molecule has 0 unspecified atom stereocenters. The number of pyridine rings is 1. The molecule has 4 heteroatoms.